The van der Waals surface area contributed by atoms with Gasteiger partial charge in [0.1, 0.15) is 0 Å². The Balaban J connectivity index is 2.16. The Morgan fingerprint density at radius 2 is 2.00 bits per heavy atom. The van der Waals surface area contributed by atoms with Crippen molar-refractivity contribution in [1.29, 1.82) is 0 Å². The Labute approximate surface area is 86.1 Å². The fourth-order valence-corrected chi connectivity index (χ4v) is 1.36. The first-order valence-corrected chi connectivity index (χ1v) is 5.17. The number of hydrogen-bond donors (Lipinski definition) is 1. The monoisotopic (exact) mass is 190 g/mol. The molecule has 0 heterocycles. The minimum absolute atomic E-state index is 0.313. The van der Waals surface area contributed by atoms with Crippen molar-refractivity contribution >= 4 is 0 Å². The number of hydrogen-bond acceptors (Lipinski definition) is 1. The average Bonchev–Trinajstić information content (AvgIpc) is 2.18. The van der Waals surface area contributed by atoms with Crippen LogP contribution in [0.3, 0.4) is 0 Å². The van der Waals surface area contributed by atoms with Crippen LogP contribution in [0.5, 0.6) is 0 Å². The van der Waals surface area contributed by atoms with Crippen LogP contribution in [0.2, 0.25) is 0 Å². The summed E-state index contributed by atoms with van der Waals surface area (Å²) in [6.45, 7) is 1.77. The molecular weight excluding hydrogens is 172 g/mol. The molecule has 0 fully saturated rings. The molecule has 0 aromatic heterocycles. The van der Waals surface area contributed by atoms with E-state index in [9.17, 15) is 0 Å². The first kappa shape index (κ1) is 11.0. The Bertz CT molecular complexity index is 262. The number of unbranched alkanes of at least 4 members (excludes halogenated alkanes) is 1. The van der Waals surface area contributed by atoms with Crippen molar-refractivity contribution in [3.05, 3.63) is 48.0 Å². The third-order valence-electron chi connectivity index (χ3n) is 2.09. The first-order chi connectivity index (χ1) is 6.79. The van der Waals surface area contributed by atoms with Crippen molar-refractivity contribution in [1.82, 2.24) is 0 Å². The van der Waals surface area contributed by atoms with Gasteiger partial charge in [0.25, 0.3) is 0 Å². The third kappa shape index (κ3) is 4.83. The van der Waals surface area contributed by atoms with Crippen LogP contribution in [0.15, 0.2) is 42.5 Å². The maximum absolute atomic E-state index is 8.98. The van der Waals surface area contributed by atoms with Gasteiger partial charge in [-0.25, -0.2) is 0 Å². The van der Waals surface area contributed by atoms with Crippen LogP contribution in [0.1, 0.15) is 25.3 Å². The van der Waals surface area contributed by atoms with E-state index in [-0.39, 0.29) is 6.10 Å². The van der Waals surface area contributed by atoms with Gasteiger partial charge >= 0.3 is 0 Å². The van der Waals surface area contributed by atoms with Crippen LogP contribution in [0.25, 0.3) is 0 Å². The molecule has 0 radical (unpaired) electrons. The molecule has 0 amide bonds. The van der Waals surface area contributed by atoms with Crippen LogP contribution < -0.4 is 0 Å². The molecular formula is C13H18O. The summed E-state index contributed by atoms with van der Waals surface area (Å²) in [5, 5.41) is 8.98. The molecule has 0 aliphatic carbocycles. The van der Waals surface area contributed by atoms with Gasteiger partial charge in [0.2, 0.25) is 0 Å². The molecule has 0 saturated carbocycles. The van der Waals surface area contributed by atoms with Gasteiger partial charge < -0.3 is 5.11 Å². The number of aryl methyl sites for hydroxylation is 1. The van der Waals surface area contributed by atoms with Crippen LogP contribution >= 0.6 is 0 Å². The number of rotatable bonds is 5. The van der Waals surface area contributed by atoms with E-state index in [4.69, 9.17) is 5.11 Å². The lowest BCUT2D eigenvalue weighted by molar-refractivity contribution is 0.244. The van der Waals surface area contributed by atoms with Gasteiger partial charge in [-0.3, -0.25) is 0 Å². The zero-order valence-electron chi connectivity index (χ0n) is 8.69. The Morgan fingerprint density at radius 1 is 1.29 bits per heavy atom. The molecule has 0 unspecified atom stereocenters. The zero-order valence-corrected chi connectivity index (χ0v) is 8.69. The molecule has 14 heavy (non-hydrogen) atoms. The number of allylic oxidation sites excluding steroid dienone is 1. The van der Waals surface area contributed by atoms with E-state index >= 15 is 0 Å². The highest BCUT2D eigenvalue weighted by atomic mass is 16.3. The third-order valence-corrected chi connectivity index (χ3v) is 2.09. The predicted molar refractivity (Wildman–Crippen MR) is 60.2 cm³/mol. The lowest BCUT2D eigenvalue weighted by Crippen LogP contribution is -1.91. The standard InChI is InChI=1S/C13H18O/c1-12(14)8-4-2-5-9-13-10-6-3-7-11-13/h3-4,6-8,10-12,14H,2,5,9H2,1H3/b8-4+/t12-/m1/s1. The largest absolute Gasteiger partial charge is 0.389 e. The summed E-state index contributed by atoms with van der Waals surface area (Å²) in [6, 6.07) is 10.5. The minimum atomic E-state index is -0.313. The molecule has 1 heteroatoms. The number of aliphatic hydroxyl groups excluding tert-OH is 1. The molecule has 0 bridgehead atoms. The summed E-state index contributed by atoms with van der Waals surface area (Å²) in [5.74, 6) is 0. The highest BCUT2D eigenvalue weighted by Gasteiger charge is 1.90. The fourth-order valence-electron chi connectivity index (χ4n) is 1.36. The summed E-state index contributed by atoms with van der Waals surface area (Å²) in [5.41, 5.74) is 1.39. The molecule has 1 atom stereocenters. The average molecular weight is 190 g/mol. The van der Waals surface area contributed by atoms with Crippen molar-refractivity contribution in [3.8, 4) is 0 Å². The predicted octanol–water partition coefficient (Wildman–Crippen LogP) is 2.95. The smallest absolute Gasteiger partial charge is 0.0692 e. The first-order valence-electron chi connectivity index (χ1n) is 5.17. The summed E-state index contributed by atoms with van der Waals surface area (Å²) < 4.78 is 0. The van der Waals surface area contributed by atoms with Gasteiger partial charge in [-0.15, -0.1) is 0 Å². The molecule has 0 aliphatic heterocycles. The Hall–Kier alpha value is -1.08. The molecule has 0 spiro atoms. The van der Waals surface area contributed by atoms with E-state index in [1.807, 2.05) is 18.2 Å². The molecule has 1 aromatic carbocycles. The van der Waals surface area contributed by atoms with E-state index in [1.165, 1.54) is 5.56 Å². The summed E-state index contributed by atoms with van der Waals surface area (Å²) in [7, 11) is 0. The normalized spacial score (nSPS) is 13.3. The molecule has 0 aliphatic rings. The zero-order chi connectivity index (χ0) is 10.2. The maximum Gasteiger partial charge on any atom is 0.0692 e. The van der Waals surface area contributed by atoms with Crippen molar-refractivity contribution in [2.45, 2.75) is 32.3 Å². The molecule has 1 rings (SSSR count). The van der Waals surface area contributed by atoms with Gasteiger partial charge in [0.15, 0.2) is 0 Å². The van der Waals surface area contributed by atoms with Crippen LogP contribution in [-0.2, 0) is 6.42 Å². The van der Waals surface area contributed by atoms with Crippen molar-refractivity contribution in [3.63, 3.8) is 0 Å². The van der Waals surface area contributed by atoms with Crippen LogP contribution in [-0.4, -0.2) is 11.2 Å². The number of benzene rings is 1. The molecule has 0 saturated heterocycles. The topological polar surface area (TPSA) is 20.2 Å². The summed E-state index contributed by atoms with van der Waals surface area (Å²) in [4.78, 5) is 0. The van der Waals surface area contributed by atoms with Crippen LogP contribution in [0.4, 0.5) is 0 Å². The van der Waals surface area contributed by atoms with E-state index in [0.717, 1.165) is 19.3 Å². The maximum atomic E-state index is 8.98. The lowest BCUT2D eigenvalue weighted by atomic mass is 10.1. The summed E-state index contributed by atoms with van der Waals surface area (Å²) in [6.07, 6.45) is 6.88. The molecule has 1 nitrogen and oxygen atoms in total. The second kappa shape index (κ2) is 6.39. The highest BCUT2D eigenvalue weighted by Crippen LogP contribution is 2.04. The number of aliphatic hydroxyl groups is 1. The lowest BCUT2D eigenvalue weighted by Gasteiger charge is -1.98. The van der Waals surface area contributed by atoms with E-state index < -0.39 is 0 Å². The van der Waals surface area contributed by atoms with E-state index in [1.54, 1.807) is 6.92 Å². The highest BCUT2D eigenvalue weighted by molar-refractivity contribution is 5.14. The minimum Gasteiger partial charge on any atom is -0.389 e. The molecule has 1 aromatic rings. The second-order valence-corrected chi connectivity index (χ2v) is 3.55. The SMILES string of the molecule is C[C@@H](O)/C=C/CCCc1ccccc1. The fraction of sp³-hybridized carbons (Fsp3) is 0.385. The van der Waals surface area contributed by atoms with Gasteiger partial charge in [0, 0.05) is 0 Å². The van der Waals surface area contributed by atoms with E-state index in [0.29, 0.717) is 0 Å². The molecule has 76 valence electrons. The van der Waals surface area contributed by atoms with Gasteiger partial charge in [-0.2, -0.15) is 0 Å². The van der Waals surface area contributed by atoms with E-state index in [2.05, 4.69) is 24.3 Å². The Kier molecular flexibility index (Phi) is 5.02. The quantitative estimate of drug-likeness (QED) is 0.559. The van der Waals surface area contributed by atoms with Crippen LogP contribution in [0, 0.1) is 0 Å². The summed E-state index contributed by atoms with van der Waals surface area (Å²) >= 11 is 0. The van der Waals surface area contributed by atoms with Gasteiger partial charge in [-0.05, 0) is 31.7 Å². The van der Waals surface area contributed by atoms with Crippen molar-refractivity contribution < 1.29 is 5.11 Å². The molecule has 1 N–H and O–H groups in total. The van der Waals surface area contributed by atoms with Gasteiger partial charge in [-0.1, -0.05) is 42.5 Å². The Morgan fingerprint density at radius 3 is 2.64 bits per heavy atom. The second-order valence-electron chi connectivity index (χ2n) is 3.55. The van der Waals surface area contributed by atoms with Gasteiger partial charge in [0.05, 0.1) is 6.10 Å². The van der Waals surface area contributed by atoms with Crippen molar-refractivity contribution in [2.75, 3.05) is 0 Å². The van der Waals surface area contributed by atoms with Crippen molar-refractivity contribution in [2.24, 2.45) is 0 Å².